The van der Waals surface area contributed by atoms with Gasteiger partial charge in [0.1, 0.15) is 45.7 Å². The van der Waals surface area contributed by atoms with Crippen molar-refractivity contribution >= 4 is 65.3 Å². The van der Waals surface area contributed by atoms with Crippen molar-refractivity contribution in [2.75, 3.05) is 99.1 Å². The van der Waals surface area contributed by atoms with Crippen molar-refractivity contribution in [2.24, 2.45) is 10.8 Å². The zero-order valence-electron chi connectivity index (χ0n) is 60.8. The quantitative estimate of drug-likeness (QED) is 0.0195. The Morgan fingerprint density at radius 1 is 0.316 bits per heavy atom. The van der Waals surface area contributed by atoms with Gasteiger partial charge in [-0.05, 0) is 85.3 Å². The number of allylic oxidation sites excluding steroid dienone is 2. The van der Waals surface area contributed by atoms with Crippen molar-refractivity contribution in [3.63, 3.8) is 0 Å². The third-order valence-corrected chi connectivity index (χ3v) is 10.5. The summed E-state index contributed by atoms with van der Waals surface area (Å²) in [6, 6.07) is 0. The fourth-order valence-corrected chi connectivity index (χ4v) is 5.17. The molecule has 0 aliphatic carbocycles. The zero-order chi connectivity index (χ0) is 78.5. The predicted octanol–water partition coefficient (Wildman–Crippen LogP) is 12.3. The highest BCUT2D eigenvalue weighted by Crippen LogP contribution is 2.26. The van der Waals surface area contributed by atoms with Crippen molar-refractivity contribution in [1.82, 2.24) is 0 Å². The second-order valence-electron chi connectivity index (χ2n) is 17.8. The normalized spacial score (nSPS) is 9.33. The number of ketones is 2. The minimum Gasteiger partial charge on any atom is -0.466 e. The lowest BCUT2D eigenvalue weighted by Crippen LogP contribution is -2.38. The van der Waals surface area contributed by atoms with E-state index in [-0.39, 0.29) is 81.7 Å². The van der Waals surface area contributed by atoms with Gasteiger partial charge in [0.2, 0.25) is 0 Å². The summed E-state index contributed by atoms with van der Waals surface area (Å²) in [6.07, 6.45) is 15.2. The van der Waals surface area contributed by atoms with Gasteiger partial charge in [-0.15, -0.1) is 52.6 Å². The molecule has 24 heteroatoms. The van der Waals surface area contributed by atoms with Crippen LogP contribution in [0.15, 0.2) is 167 Å². The molecular formula is C74H122O24. The van der Waals surface area contributed by atoms with E-state index in [1.54, 1.807) is 13.8 Å². The zero-order valence-corrected chi connectivity index (χ0v) is 60.8. The molecule has 0 amide bonds. The summed E-state index contributed by atoms with van der Waals surface area (Å²) in [4.78, 5) is 119. The molecule has 0 aromatic carbocycles. The second kappa shape index (κ2) is 92.2. The highest BCUT2D eigenvalue weighted by atomic mass is 16.6. The molecule has 0 spiro atoms. The maximum atomic E-state index is 11.5. The van der Waals surface area contributed by atoms with Crippen LogP contribution < -0.4 is 0 Å². The molecule has 0 aliphatic heterocycles. The monoisotopic (exact) mass is 1390 g/mol. The minimum atomic E-state index is -0.791. The molecule has 1 atom stereocenters. The third kappa shape index (κ3) is 91.2. The van der Waals surface area contributed by atoms with E-state index in [0.717, 1.165) is 62.0 Å². The number of esters is 9. The van der Waals surface area contributed by atoms with E-state index < -0.39 is 46.8 Å². The molecule has 0 rings (SSSR count). The van der Waals surface area contributed by atoms with Gasteiger partial charge in [0.25, 0.3) is 0 Å². The van der Waals surface area contributed by atoms with Gasteiger partial charge in [-0.2, -0.15) is 0 Å². The van der Waals surface area contributed by atoms with E-state index in [9.17, 15) is 52.7 Å². The molecule has 0 fully saturated rings. The van der Waals surface area contributed by atoms with Gasteiger partial charge < -0.3 is 61.9 Å². The van der Waals surface area contributed by atoms with Crippen LogP contribution in [0.4, 0.5) is 0 Å². The molecular weight excluding hydrogens is 1270 g/mol. The summed E-state index contributed by atoms with van der Waals surface area (Å²) in [5, 5.41) is 9.09. The third-order valence-electron chi connectivity index (χ3n) is 10.5. The summed E-state index contributed by atoms with van der Waals surface area (Å²) in [6.45, 7) is 74.5. The van der Waals surface area contributed by atoms with Gasteiger partial charge in [-0.1, -0.05) is 86.9 Å². The fourth-order valence-electron chi connectivity index (χ4n) is 5.17. The molecule has 0 bridgehead atoms. The van der Waals surface area contributed by atoms with Crippen LogP contribution in [0.1, 0.15) is 127 Å². The summed E-state index contributed by atoms with van der Waals surface area (Å²) < 4.78 is 59.0. The standard InChI is InChI=1S/C16H24O6.C14H22O5.C10H16O3.C8H14O4.C8H14O2.2C5H8O2.4C2H4/c1-5-9-15(19)22-12-16(8-4,10-20-13(17)6-2)11-21-14(18)7-3;1-5-12(15)18-10-14(7-3,9-17-8-4)11-19-13(16)6-2;1-3-6-10(12)13-8-5-7-9(11)4-2;1-3-8(10)12-6-7(9)5-11-4-2;1-3-8(9)6-5-7-10-4-2;2*1-3-5(6)7-4-2;4*1-2/h6-7H,2-3,5,8-12H2,1,4H3;5-6H,1-2,7-11H2,3-4H3;4H,2-3,5-8H2,1H3;3,7,9H,1,4-6H2,2H3;3H,1,4-7H2,2H3;2*3H,1,4H2,2H3;4*1-2H2. The first-order chi connectivity index (χ1) is 46.8. The Labute approximate surface area is 586 Å². The van der Waals surface area contributed by atoms with Crippen LogP contribution in [0.2, 0.25) is 0 Å². The van der Waals surface area contributed by atoms with Crippen LogP contribution in [-0.4, -0.2) is 176 Å². The van der Waals surface area contributed by atoms with Crippen LogP contribution in [0.25, 0.3) is 0 Å². The molecule has 0 saturated carbocycles. The van der Waals surface area contributed by atoms with Gasteiger partial charge in [-0.3, -0.25) is 19.2 Å². The van der Waals surface area contributed by atoms with Crippen LogP contribution in [0.5, 0.6) is 0 Å². The molecule has 0 saturated heterocycles. The molecule has 0 aromatic heterocycles. The van der Waals surface area contributed by atoms with Crippen molar-refractivity contribution in [2.45, 2.75) is 133 Å². The molecule has 1 unspecified atom stereocenters. The average Bonchev–Trinajstić information content (AvgIpc) is 1.06. The van der Waals surface area contributed by atoms with Crippen LogP contribution in [0, 0.1) is 10.8 Å². The maximum Gasteiger partial charge on any atom is 0.330 e. The van der Waals surface area contributed by atoms with Gasteiger partial charge in [0, 0.05) is 94.6 Å². The average molecular weight is 1400 g/mol. The fraction of sp³-hybridized carbons (Fsp3) is 0.500. The first kappa shape index (κ1) is 113. The van der Waals surface area contributed by atoms with Crippen molar-refractivity contribution < 1.29 is 115 Å². The van der Waals surface area contributed by atoms with Crippen LogP contribution in [-0.2, 0) is 110 Å². The number of hydrogen-bond donors (Lipinski definition) is 1. The van der Waals surface area contributed by atoms with E-state index in [4.69, 9.17) is 47.7 Å². The number of carbonyl (C=O) groups excluding carboxylic acids is 11. The van der Waals surface area contributed by atoms with E-state index in [2.05, 4.69) is 126 Å². The van der Waals surface area contributed by atoms with Gasteiger partial charge in [0.05, 0.1) is 43.9 Å². The number of aliphatic hydroxyl groups excluding tert-OH is 1. The lowest BCUT2D eigenvalue weighted by Gasteiger charge is -2.30. The SMILES string of the molecule is C=C.C=C.C=C.C=C.C=CC(=O)CCCOC(=O)CCC.C=CC(=O)CCCOCC.C=CC(=O)OCC.C=CC(=O)OCC.C=CC(=O)OCC(CC)(COC(=O)C=C)COC(=O)CCC.C=CC(=O)OCC(CC)(COCC)COC(=O)C=C.C=CC(=O)OCC(O)COCC. The highest BCUT2D eigenvalue weighted by molar-refractivity contribution is 5.89. The largest absolute Gasteiger partial charge is 0.466 e. The minimum absolute atomic E-state index is 0.00280. The van der Waals surface area contributed by atoms with E-state index >= 15 is 0 Å². The Hall–Kier alpha value is -8.97. The summed E-state index contributed by atoms with van der Waals surface area (Å²) in [7, 11) is 0. The Morgan fingerprint density at radius 2 is 0.602 bits per heavy atom. The summed E-state index contributed by atoms with van der Waals surface area (Å²) >= 11 is 0. The van der Waals surface area contributed by atoms with Gasteiger partial charge in [0.15, 0.2) is 11.6 Å². The number of rotatable bonds is 44. The molecule has 0 heterocycles. The van der Waals surface area contributed by atoms with Gasteiger partial charge >= 0.3 is 53.7 Å². The van der Waals surface area contributed by atoms with Crippen molar-refractivity contribution in [1.29, 1.82) is 0 Å². The van der Waals surface area contributed by atoms with Crippen molar-refractivity contribution in [3.8, 4) is 0 Å². The first-order valence-electron chi connectivity index (χ1n) is 31.4. The van der Waals surface area contributed by atoms with E-state index in [1.165, 1.54) is 12.2 Å². The molecule has 0 radical (unpaired) electrons. The number of hydrogen-bond acceptors (Lipinski definition) is 24. The predicted molar refractivity (Wildman–Crippen MR) is 386 cm³/mol. The summed E-state index contributed by atoms with van der Waals surface area (Å²) in [5.74, 6) is -3.89. The topological polar surface area (TPSA) is 319 Å². The molecule has 98 heavy (non-hydrogen) atoms. The lowest BCUT2D eigenvalue weighted by molar-refractivity contribution is -0.159. The Balaban J connectivity index is -0.000000101. The summed E-state index contributed by atoms with van der Waals surface area (Å²) in [5.41, 5.74) is -1.34. The maximum absolute atomic E-state index is 11.5. The second-order valence-corrected chi connectivity index (χ2v) is 17.8. The first-order valence-corrected chi connectivity index (χ1v) is 31.4. The molecule has 0 aliphatic rings. The van der Waals surface area contributed by atoms with Crippen molar-refractivity contribution in [3.05, 3.63) is 167 Å². The van der Waals surface area contributed by atoms with Gasteiger partial charge in [-0.25, -0.2) is 33.6 Å². The Bertz CT molecular complexity index is 2090. The smallest absolute Gasteiger partial charge is 0.330 e. The van der Waals surface area contributed by atoms with Crippen LogP contribution >= 0.6 is 0 Å². The Morgan fingerprint density at radius 3 is 0.878 bits per heavy atom. The highest BCUT2D eigenvalue weighted by Gasteiger charge is 2.34. The van der Waals surface area contributed by atoms with E-state index in [1.807, 2.05) is 48.5 Å². The number of carbonyl (C=O) groups is 11. The number of ether oxygens (including phenoxy) is 12. The van der Waals surface area contributed by atoms with Crippen LogP contribution in [0.3, 0.4) is 0 Å². The number of aliphatic hydroxyl groups is 1. The lowest BCUT2D eigenvalue weighted by atomic mass is 9.88. The molecule has 1 N–H and O–H groups in total. The van der Waals surface area contributed by atoms with E-state index in [0.29, 0.717) is 97.6 Å². The molecule has 562 valence electrons. The molecule has 24 nitrogen and oxygen atoms in total. The Kier molecular flexibility index (Phi) is 107. The molecule has 0 aromatic rings.